The van der Waals surface area contributed by atoms with E-state index in [-0.39, 0.29) is 12.4 Å². The van der Waals surface area contributed by atoms with Crippen LogP contribution in [0, 0.1) is 5.82 Å². The molecule has 0 unspecified atom stereocenters. The number of aryl methyl sites for hydroxylation is 1. The quantitative estimate of drug-likeness (QED) is 0.857. The van der Waals surface area contributed by atoms with Crippen molar-refractivity contribution < 1.29 is 14.3 Å². The second-order valence-electron chi connectivity index (χ2n) is 4.15. The van der Waals surface area contributed by atoms with Crippen molar-refractivity contribution in [1.82, 2.24) is 9.55 Å². The zero-order valence-corrected chi connectivity index (χ0v) is 10.3. The van der Waals surface area contributed by atoms with Crippen molar-refractivity contribution in [3.05, 3.63) is 68.2 Å². The van der Waals surface area contributed by atoms with E-state index < -0.39 is 22.8 Å². The van der Waals surface area contributed by atoms with Gasteiger partial charge in [-0.15, -0.1) is 0 Å². The molecule has 2 N–H and O–H groups in total. The number of benzene rings is 1. The number of carboxylic acids is 1. The Morgan fingerprint density at radius 2 is 1.90 bits per heavy atom. The maximum atomic E-state index is 12.7. The maximum absolute atomic E-state index is 12.7. The molecule has 0 aliphatic carbocycles. The average Bonchev–Trinajstić information content (AvgIpc) is 2.40. The number of carboxylic acid groups (broad SMARTS) is 1. The highest BCUT2D eigenvalue weighted by Crippen LogP contribution is 2.03. The lowest BCUT2D eigenvalue weighted by Gasteiger charge is -2.05. The Morgan fingerprint density at radius 3 is 2.50 bits per heavy atom. The van der Waals surface area contributed by atoms with Gasteiger partial charge in [-0.25, -0.2) is 14.0 Å². The van der Waals surface area contributed by atoms with Crippen molar-refractivity contribution in [2.45, 2.75) is 13.0 Å². The number of H-pyrrole nitrogens is 1. The standard InChI is InChI=1S/C13H11FN2O4/c14-9-3-1-8(2-4-9)5-6-16-11(17)10(12(18)19)7-15-13(16)20/h1-4,7H,5-6H2,(H,15,20)(H,18,19). The summed E-state index contributed by atoms with van der Waals surface area (Å²) in [6, 6.07) is 5.62. The van der Waals surface area contributed by atoms with Crippen LogP contribution in [-0.4, -0.2) is 20.6 Å². The van der Waals surface area contributed by atoms with E-state index in [2.05, 4.69) is 4.98 Å². The van der Waals surface area contributed by atoms with Crippen LogP contribution in [-0.2, 0) is 13.0 Å². The van der Waals surface area contributed by atoms with Gasteiger partial charge >= 0.3 is 11.7 Å². The number of aromatic amines is 1. The van der Waals surface area contributed by atoms with E-state index in [9.17, 15) is 18.8 Å². The molecule has 104 valence electrons. The van der Waals surface area contributed by atoms with Gasteiger partial charge in [-0.05, 0) is 24.1 Å². The summed E-state index contributed by atoms with van der Waals surface area (Å²) in [7, 11) is 0. The van der Waals surface area contributed by atoms with Crippen LogP contribution in [0.15, 0.2) is 40.1 Å². The van der Waals surface area contributed by atoms with Crippen molar-refractivity contribution in [2.75, 3.05) is 0 Å². The highest BCUT2D eigenvalue weighted by Gasteiger charge is 2.13. The van der Waals surface area contributed by atoms with Gasteiger partial charge in [-0.3, -0.25) is 9.36 Å². The van der Waals surface area contributed by atoms with Gasteiger partial charge in [-0.2, -0.15) is 0 Å². The lowest BCUT2D eigenvalue weighted by molar-refractivity contribution is 0.0693. The molecule has 1 aromatic heterocycles. The van der Waals surface area contributed by atoms with Gasteiger partial charge in [-0.1, -0.05) is 12.1 Å². The lowest BCUT2D eigenvalue weighted by Crippen LogP contribution is -2.38. The number of halogens is 1. The number of hydrogen-bond donors (Lipinski definition) is 2. The van der Waals surface area contributed by atoms with Crippen LogP contribution in [0.2, 0.25) is 0 Å². The van der Waals surface area contributed by atoms with Crippen LogP contribution in [0.4, 0.5) is 4.39 Å². The van der Waals surface area contributed by atoms with Crippen molar-refractivity contribution in [3.63, 3.8) is 0 Å². The summed E-state index contributed by atoms with van der Waals surface area (Å²) in [5.74, 6) is -1.78. The van der Waals surface area contributed by atoms with E-state index >= 15 is 0 Å². The molecule has 0 aliphatic heterocycles. The molecule has 0 spiro atoms. The van der Waals surface area contributed by atoms with E-state index in [4.69, 9.17) is 5.11 Å². The Bertz CT molecular complexity index is 746. The molecular formula is C13H11FN2O4. The molecule has 6 nitrogen and oxygen atoms in total. The first kappa shape index (κ1) is 13.7. The van der Waals surface area contributed by atoms with Crippen molar-refractivity contribution in [1.29, 1.82) is 0 Å². The van der Waals surface area contributed by atoms with E-state index in [0.29, 0.717) is 6.42 Å². The molecule has 0 amide bonds. The fraction of sp³-hybridized carbons (Fsp3) is 0.154. The fourth-order valence-corrected chi connectivity index (χ4v) is 1.76. The van der Waals surface area contributed by atoms with Gasteiger partial charge in [0.15, 0.2) is 0 Å². The van der Waals surface area contributed by atoms with Gasteiger partial charge in [0.05, 0.1) is 0 Å². The SMILES string of the molecule is O=C(O)c1c[nH]c(=O)n(CCc2ccc(F)cc2)c1=O. The topological polar surface area (TPSA) is 92.2 Å². The molecule has 1 heterocycles. The van der Waals surface area contributed by atoms with Crippen LogP contribution < -0.4 is 11.2 Å². The third kappa shape index (κ3) is 2.82. The molecule has 20 heavy (non-hydrogen) atoms. The lowest BCUT2D eigenvalue weighted by atomic mass is 10.1. The Labute approximate surface area is 112 Å². The Hall–Kier alpha value is -2.70. The summed E-state index contributed by atoms with van der Waals surface area (Å²) in [5, 5.41) is 8.82. The Kier molecular flexibility index (Phi) is 3.79. The maximum Gasteiger partial charge on any atom is 0.342 e. The zero-order chi connectivity index (χ0) is 14.7. The van der Waals surface area contributed by atoms with E-state index in [0.717, 1.165) is 16.3 Å². The van der Waals surface area contributed by atoms with Crippen LogP contribution in [0.25, 0.3) is 0 Å². The largest absolute Gasteiger partial charge is 0.477 e. The van der Waals surface area contributed by atoms with Gasteiger partial charge in [0.1, 0.15) is 11.4 Å². The predicted molar refractivity (Wildman–Crippen MR) is 68.4 cm³/mol. The van der Waals surface area contributed by atoms with Gasteiger partial charge in [0, 0.05) is 12.7 Å². The molecule has 0 radical (unpaired) electrons. The number of nitrogens with zero attached hydrogens (tertiary/aromatic N) is 1. The number of aromatic carboxylic acids is 1. The molecule has 2 aromatic rings. The summed E-state index contributed by atoms with van der Waals surface area (Å²) in [4.78, 5) is 36.4. The number of nitrogens with one attached hydrogen (secondary N) is 1. The van der Waals surface area contributed by atoms with E-state index in [1.807, 2.05) is 0 Å². The molecule has 0 aliphatic rings. The summed E-state index contributed by atoms with van der Waals surface area (Å²) in [6.45, 7) is 0.0148. The summed E-state index contributed by atoms with van der Waals surface area (Å²) >= 11 is 0. The minimum atomic E-state index is -1.40. The zero-order valence-electron chi connectivity index (χ0n) is 10.3. The third-order valence-electron chi connectivity index (χ3n) is 2.83. The average molecular weight is 278 g/mol. The first-order valence-corrected chi connectivity index (χ1v) is 5.79. The first-order chi connectivity index (χ1) is 9.49. The Balaban J connectivity index is 2.27. The first-order valence-electron chi connectivity index (χ1n) is 5.79. The molecule has 0 saturated heterocycles. The summed E-state index contributed by atoms with van der Waals surface area (Å²) < 4.78 is 13.6. The summed E-state index contributed by atoms with van der Waals surface area (Å²) in [5.41, 5.74) is -1.30. The minimum Gasteiger partial charge on any atom is -0.477 e. The highest BCUT2D eigenvalue weighted by molar-refractivity contribution is 5.86. The van der Waals surface area contributed by atoms with Crippen LogP contribution in [0.1, 0.15) is 15.9 Å². The van der Waals surface area contributed by atoms with Crippen LogP contribution in [0.3, 0.4) is 0 Å². The summed E-state index contributed by atoms with van der Waals surface area (Å²) in [6.07, 6.45) is 1.19. The van der Waals surface area contributed by atoms with E-state index in [1.165, 1.54) is 24.3 Å². The molecule has 0 atom stereocenters. The van der Waals surface area contributed by atoms with Crippen molar-refractivity contribution >= 4 is 5.97 Å². The van der Waals surface area contributed by atoms with Gasteiger partial charge < -0.3 is 10.1 Å². The predicted octanol–water partition coefficient (Wildman–Crippen LogP) is 0.617. The monoisotopic (exact) mass is 278 g/mol. The second kappa shape index (κ2) is 5.52. The van der Waals surface area contributed by atoms with E-state index in [1.54, 1.807) is 0 Å². The molecule has 7 heteroatoms. The van der Waals surface area contributed by atoms with Crippen molar-refractivity contribution in [2.24, 2.45) is 0 Å². The minimum absolute atomic E-state index is 0.0148. The number of aromatic nitrogens is 2. The van der Waals surface area contributed by atoms with Gasteiger partial charge in [0.2, 0.25) is 0 Å². The highest BCUT2D eigenvalue weighted by atomic mass is 19.1. The molecule has 2 rings (SSSR count). The van der Waals surface area contributed by atoms with Gasteiger partial charge in [0.25, 0.3) is 5.56 Å². The number of carbonyl (C=O) groups is 1. The number of rotatable bonds is 4. The molecule has 0 fully saturated rings. The Morgan fingerprint density at radius 1 is 1.25 bits per heavy atom. The smallest absolute Gasteiger partial charge is 0.342 e. The van der Waals surface area contributed by atoms with Crippen LogP contribution in [0.5, 0.6) is 0 Å². The van der Waals surface area contributed by atoms with Crippen LogP contribution >= 0.6 is 0 Å². The molecule has 0 bridgehead atoms. The molecule has 0 saturated carbocycles. The molecule has 1 aromatic carbocycles. The number of hydrogen-bond acceptors (Lipinski definition) is 3. The fourth-order valence-electron chi connectivity index (χ4n) is 1.76. The second-order valence-corrected chi connectivity index (χ2v) is 4.15. The normalized spacial score (nSPS) is 10.4. The van der Waals surface area contributed by atoms with Crippen molar-refractivity contribution in [3.8, 4) is 0 Å². The molecular weight excluding hydrogens is 267 g/mol. The third-order valence-corrected chi connectivity index (χ3v) is 2.83.